The van der Waals surface area contributed by atoms with Gasteiger partial charge in [-0.2, -0.15) is 0 Å². The van der Waals surface area contributed by atoms with Crippen molar-refractivity contribution in [2.75, 3.05) is 23.3 Å². The largest absolute Gasteiger partial charge is 0.229 e. The quantitative estimate of drug-likeness (QED) is 0.733. The van der Waals surface area contributed by atoms with E-state index in [-0.39, 0.29) is 41.4 Å². The molecule has 1 heterocycles. The first kappa shape index (κ1) is 17.3. The smallest absolute Gasteiger partial charge is 0.150 e. The molecule has 1 atom stereocenters. The SMILES string of the molecule is O=S1(=O)CCC(C(CCl)(CCl)Cc2cc(Cl)ccc2F)C1. The number of alkyl halides is 2. The molecule has 0 aliphatic carbocycles. The average Bonchev–Trinajstić information content (AvgIpc) is 2.81. The Kier molecular flexibility index (Phi) is 5.45. The summed E-state index contributed by atoms with van der Waals surface area (Å²) in [5, 5.41) is 0.434. The lowest BCUT2D eigenvalue weighted by Crippen LogP contribution is -2.38. The van der Waals surface area contributed by atoms with Crippen LogP contribution in [0.1, 0.15) is 12.0 Å². The lowest BCUT2D eigenvalue weighted by molar-refractivity contribution is 0.242. The third-order valence-corrected chi connectivity index (χ3v) is 7.25. The van der Waals surface area contributed by atoms with E-state index in [1.165, 1.54) is 12.1 Å². The van der Waals surface area contributed by atoms with E-state index in [9.17, 15) is 12.8 Å². The molecule has 1 fully saturated rings. The zero-order valence-corrected chi connectivity index (χ0v) is 14.4. The highest BCUT2D eigenvalue weighted by molar-refractivity contribution is 7.91. The van der Waals surface area contributed by atoms with Crippen molar-refractivity contribution in [3.05, 3.63) is 34.6 Å². The summed E-state index contributed by atoms with van der Waals surface area (Å²) >= 11 is 18.1. The highest BCUT2D eigenvalue weighted by Gasteiger charge is 2.44. The van der Waals surface area contributed by atoms with Crippen molar-refractivity contribution in [3.8, 4) is 0 Å². The lowest BCUT2D eigenvalue weighted by Gasteiger charge is -2.35. The Labute approximate surface area is 139 Å². The Morgan fingerprint density at radius 3 is 2.48 bits per heavy atom. The van der Waals surface area contributed by atoms with Crippen LogP contribution in [0.3, 0.4) is 0 Å². The van der Waals surface area contributed by atoms with Gasteiger partial charge in [-0.05, 0) is 42.5 Å². The number of hydrogen-bond acceptors (Lipinski definition) is 2. The second kappa shape index (κ2) is 6.61. The minimum Gasteiger partial charge on any atom is -0.229 e. The minimum absolute atomic E-state index is 0.0641. The van der Waals surface area contributed by atoms with E-state index in [0.717, 1.165) is 0 Å². The van der Waals surface area contributed by atoms with Crippen LogP contribution in [0.4, 0.5) is 4.39 Å². The van der Waals surface area contributed by atoms with Gasteiger partial charge < -0.3 is 0 Å². The van der Waals surface area contributed by atoms with E-state index in [1.54, 1.807) is 6.07 Å². The fourth-order valence-electron chi connectivity index (χ4n) is 2.83. The van der Waals surface area contributed by atoms with Crippen LogP contribution < -0.4 is 0 Å². The Bertz CT molecular complexity index is 615. The summed E-state index contributed by atoms with van der Waals surface area (Å²) in [5.74, 6) is 0.0428. The molecule has 0 N–H and O–H groups in total. The van der Waals surface area contributed by atoms with Crippen LogP contribution in [0.15, 0.2) is 18.2 Å². The van der Waals surface area contributed by atoms with Crippen molar-refractivity contribution in [2.45, 2.75) is 12.8 Å². The lowest BCUT2D eigenvalue weighted by atomic mass is 9.73. The van der Waals surface area contributed by atoms with Gasteiger partial charge in [0, 0.05) is 22.2 Å². The first-order valence-electron chi connectivity index (χ1n) is 6.58. The molecule has 21 heavy (non-hydrogen) atoms. The molecule has 118 valence electrons. The maximum Gasteiger partial charge on any atom is 0.150 e. The number of hydrogen-bond donors (Lipinski definition) is 0. The molecular formula is C14H16Cl3FO2S. The zero-order valence-electron chi connectivity index (χ0n) is 11.3. The van der Waals surface area contributed by atoms with E-state index in [0.29, 0.717) is 17.0 Å². The van der Waals surface area contributed by atoms with Gasteiger partial charge in [0.25, 0.3) is 0 Å². The van der Waals surface area contributed by atoms with Gasteiger partial charge in [-0.15, -0.1) is 23.2 Å². The van der Waals surface area contributed by atoms with E-state index >= 15 is 0 Å². The topological polar surface area (TPSA) is 34.1 Å². The van der Waals surface area contributed by atoms with Crippen molar-refractivity contribution in [2.24, 2.45) is 11.3 Å². The van der Waals surface area contributed by atoms with Gasteiger partial charge in [0.2, 0.25) is 0 Å². The third-order valence-electron chi connectivity index (χ3n) is 4.18. The summed E-state index contributed by atoms with van der Waals surface area (Å²) in [4.78, 5) is 0. The normalized spacial score (nSPS) is 21.6. The molecule has 1 aromatic carbocycles. The van der Waals surface area contributed by atoms with Gasteiger partial charge in [-0.1, -0.05) is 11.6 Å². The predicted molar refractivity (Wildman–Crippen MR) is 85.7 cm³/mol. The number of rotatable bonds is 5. The van der Waals surface area contributed by atoms with Crippen LogP contribution in [0.2, 0.25) is 5.02 Å². The predicted octanol–water partition coefficient (Wildman–Crippen LogP) is 3.92. The van der Waals surface area contributed by atoms with Crippen LogP contribution >= 0.6 is 34.8 Å². The molecule has 2 rings (SSSR count). The molecular weight excluding hydrogens is 358 g/mol. The van der Waals surface area contributed by atoms with E-state index in [1.807, 2.05) is 0 Å². The first-order valence-corrected chi connectivity index (χ1v) is 9.85. The van der Waals surface area contributed by atoms with Crippen LogP contribution in [0.25, 0.3) is 0 Å². The van der Waals surface area contributed by atoms with Crippen molar-refractivity contribution in [1.29, 1.82) is 0 Å². The number of sulfone groups is 1. The number of halogens is 4. The molecule has 0 radical (unpaired) electrons. The molecule has 0 saturated carbocycles. The summed E-state index contributed by atoms with van der Waals surface area (Å²) < 4.78 is 37.4. The van der Waals surface area contributed by atoms with E-state index in [2.05, 4.69) is 0 Å². The molecule has 0 spiro atoms. The molecule has 1 aliphatic rings. The van der Waals surface area contributed by atoms with Crippen molar-refractivity contribution in [1.82, 2.24) is 0 Å². The highest BCUT2D eigenvalue weighted by atomic mass is 35.5. The molecule has 1 unspecified atom stereocenters. The van der Waals surface area contributed by atoms with Crippen LogP contribution in [0.5, 0.6) is 0 Å². The highest BCUT2D eigenvalue weighted by Crippen LogP contribution is 2.41. The zero-order chi connectivity index (χ0) is 15.7. The Balaban J connectivity index is 2.32. The summed E-state index contributed by atoms with van der Waals surface area (Å²) in [6.45, 7) is 0. The van der Waals surface area contributed by atoms with Gasteiger partial charge in [0.05, 0.1) is 11.5 Å². The van der Waals surface area contributed by atoms with Gasteiger partial charge in [0.15, 0.2) is 9.84 Å². The van der Waals surface area contributed by atoms with Crippen LogP contribution in [-0.4, -0.2) is 31.7 Å². The summed E-state index contributed by atoms with van der Waals surface area (Å²) in [5.41, 5.74) is -0.217. The standard InChI is InChI=1S/C14H16Cl3FO2S/c15-8-14(9-16,11-3-4-21(19,20)7-11)6-10-5-12(17)1-2-13(10)18/h1-2,5,11H,3-4,6-9H2. The van der Waals surface area contributed by atoms with Gasteiger partial charge in [-0.3, -0.25) is 0 Å². The second-order valence-electron chi connectivity index (χ2n) is 5.64. The van der Waals surface area contributed by atoms with Gasteiger partial charge in [0.1, 0.15) is 5.82 Å². The third kappa shape index (κ3) is 3.84. The monoisotopic (exact) mass is 372 g/mol. The fourth-order valence-corrected chi connectivity index (χ4v) is 5.88. The Hall–Kier alpha value is -0.0300. The molecule has 0 bridgehead atoms. The molecule has 1 saturated heterocycles. The number of benzene rings is 1. The molecule has 1 aromatic rings. The molecule has 0 aromatic heterocycles. The van der Waals surface area contributed by atoms with Gasteiger partial charge in [-0.25, -0.2) is 12.8 Å². The minimum atomic E-state index is -3.05. The van der Waals surface area contributed by atoms with E-state index in [4.69, 9.17) is 34.8 Å². The summed E-state index contributed by atoms with van der Waals surface area (Å²) in [6, 6.07) is 4.33. The first-order chi connectivity index (χ1) is 9.82. The van der Waals surface area contributed by atoms with Crippen molar-refractivity contribution < 1.29 is 12.8 Å². The molecule has 0 amide bonds. The summed E-state index contributed by atoms with van der Waals surface area (Å²) in [6.07, 6.45) is 0.802. The van der Waals surface area contributed by atoms with Crippen LogP contribution in [0, 0.1) is 17.2 Å². The Morgan fingerprint density at radius 1 is 1.29 bits per heavy atom. The fraction of sp³-hybridized carbons (Fsp3) is 0.571. The van der Waals surface area contributed by atoms with Crippen molar-refractivity contribution in [3.63, 3.8) is 0 Å². The maximum absolute atomic E-state index is 13.9. The second-order valence-corrected chi connectivity index (χ2v) is 8.84. The maximum atomic E-state index is 13.9. The molecule has 1 aliphatic heterocycles. The molecule has 2 nitrogen and oxygen atoms in total. The van der Waals surface area contributed by atoms with Gasteiger partial charge >= 0.3 is 0 Å². The summed E-state index contributed by atoms with van der Waals surface area (Å²) in [7, 11) is -3.05. The molecule has 7 heteroatoms. The van der Waals surface area contributed by atoms with E-state index < -0.39 is 15.3 Å². The van der Waals surface area contributed by atoms with Crippen LogP contribution in [-0.2, 0) is 16.3 Å². The van der Waals surface area contributed by atoms with Crippen molar-refractivity contribution >= 4 is 44.6 Å². The average molecular weight is 374 g/mol. The Morgan fingerprint density at radius 2 is 1.95 bits per heavy atom.